The fraction of sp³-hybridized carbons (Fsp3) is 0.471. The van der Waals surface area contributed by atoms with Crippen LogP contribution < -0.4 is 5.32 Å². The molecule has 1 aliphatic rings. The lowest BCUT2D eigenvalue weighted by molar-refractivity contribution is 0.158. The van der Waals surface area contributed by atoms with Gasteiger partial charge < -0.3 is 10.2 Å². The molecule has 0 radical (unpaired) electrons. The summed E-state index contributed by atoms with van der Waals surface area (Å²) in [7, 11) is 0. The predicted octanol–water partition coefficient (Wildman–Crippen LogP) is 3.40. The Morgan fingerprint density at radius 2 is 1.95 bits per heavy atom. The molecule has 1 saturated heterocycles. The Morgan fingerprint density at radius 1 is 1.27 bits per heavy atom. The molecular weight excluding hydrogens is 284 g/mol. The normalized spacial score (nSPS) is 16.1. The Hall–Kier alpha value is -1.91. The number of hydrogen-bond acceptors (Lipinski definition) is 1. The number of rotatable bonds is 4. The van der Waals surface area contributed by atoms with Crippen molar-refractivity contribution in [3.63, 3.8) is 0 Å². The van der Waals surface area contributed by atoms with Crippen molar-refractivity contribution in [3.8, 4) is 0 Å². The van der Waals surface area contributed by atoms with Crippen molar-refractivity contribution in [2.24, 2.45) is 4.99 Å². The van der Waals surface area contributed by atoms with Crippen molar-refractivity contribution in [3.05, 3.63) is 41.5 Å². The van der Waals surface area contributed by atoms with Gasteiger partial charge in [0.15, 0.2) is 5.96 Å². The maximum Gasteiger partial charge on any atom is 0.257 e. The molecule has 0 atom stereocenters. The fourth-order valence-electron chi connectivity index (χ4n) is 2.52. The van der Waals surface area contributed by atoms with Crippen molar-refractivity contribution in [2.45, 2.75) is 26.2 Å². The van der Waals surface area contributed by atoms with Crippen LogP contribution in [-0.2, 0) is 0 Å². The summed E-state index contributed by atoms with van der Waals surface area (Å²) in [6, 6.07) is 10.2. The third kappa shape index (κ3) is 5.13. The summed E-state index contributed by atoms with van der Waals surface area (Å²) in [5.41, 5.74) is 2.61. The predicted molar refractivity (Wildman–Crippen MR) is 87.2 cm³/mol. The minimum Gasteiger partial charge on any atom is -0.357 e. The molecular formula is C17H23F2N3. The number of hydrogen-bond donors (Lipinski definition) is 1. The van der Waals surface area contributed by atoms with Gasteiger partial charge in [-0.3, -0.25) is 0 Å². The molecule has 0 bridgehead atoms. The van der Waals surface area contributed by atoms with Gasteiger partial charge in [0.1, 0.15) is 6.54 Å². The molecule has 1 aromatic carbocycles. The molecule has 120 valence electrons. The SMILES string of the molecule is CCNC(=NCC(F)F)N1CCC(=Cc2ccccc2)CC1. The number of guanidine groups is 1. The van der Waals surface area contributed by atoms with Crippen LogP contribution >= 0.6 is 0 Å². The highest BCUT2D eigenvalue weighted by Gasteiger charge is 2.17. The second kappa shape index (κ2) is 8.51. The van der Waals surface area contributed by atoms with Gasteiger partial charge in [-0.15, -0.1) is 0 Å². The Kier molecular flexibility index (Phi) is 6.37. The van der Waals surface area contributed by atoms with Crippen molar-refractivity contribution < 1.29 is 8.78 Å². The summed E-state index contributed by atoms with van der Waals surface area (Å²) in [6.07, 6.45) is 1.70. The monoisotopic (exact) mass is 307 g/mol. The van der Waals surface area contributed by atoms with Crippen molar-refractivity contribution in [1.29, 1.82) is 0 Å². The van der Waals surface area contributed by atoms with Gasteiger partial charge >= 0.3 is 0 Å². The minimum atomic E-state index is -2.40. The largest absolute Gasteiger partial charge is 0.357 e. The van der Waals surface area contributed by atoms with E-state index in [1.807, 2.05) is 25.1 Å². The highest BCUT2D eigenvalue weighted by Crippen LogP contribution is 2.19. The van der Waals surface area contributed by atoms with E-state index in [-0.39, 0.29) is 0 Å². The smallest absolute Gasteiger partial charge is 0.257 e. The first-order valence-corrected chi connectivity index (χ1v) is 7.75. The van der Waals surface area contributed by atoms with Crippen LogP contribution in [0.4, 0.5) is 8.78 Å². The zero-order valence-corrected chi connectivity index (χ0v) is 12.9. The fourth-order valence-corrected chi connectivity index (χ4v) is 2.52. The van der Waals surface area contributed by atoms with Gasteiger partial charge in [-0.1, -0.05) is 42.0 Å². The summed E-state index contributed by atoms with van der Waals surface area (Å²) in [6.45, 7) is 3.82. The number of piperidine rings is 1. The highest BCUT2D eigenvalue weighted by molar-refractivity contribution is 5.80. The molecule has 0 amide bonds. The van der Waals surface area contributed by atoms with Gasteiger partial charge in [0.2, 0.25) is 0 Å². The van der Waals surface area contributed by atoms with Crippen LogP contribution in [0.2, 0.25) is 0 Å². The molecule has 3 nitrogen and oxygen atoms in total. The van der Waals surface area contributed by atoms with Gasteiger partial charge in [0.05, 0.1) is 0 Å². The molecule has 1 heterocycles. The molecule has 1 aromatic rings. The van der Waals surface area contributed by atoms with Crippen LogP contribution in [-0.4, -0.2) is 43.5 Å². The van der Waals surface area contributed by atoms with Crippen LogP contribution in [0.3, 0.4) is 0 Å². The van der Waals surface area contributed by atoms with Gasteiger partial charge in [-0.05, 0) is 25.3 Å². The molecule has 1 fully saturated rings. The van der Waals surface area contributed by atoms with E-state index in [1.165, 1.54) is 11.1 Å². The minimum absolute atomic E-state index is 0.439. The van der Waals surface area contributed by atoms with Gasteiger partial charge in [0.25, 0.3) is 6.43 Å². The number of alkyl halides is 2. The van der Waals surface area contributed by atoms with Crippen molar-refractivity contribution in [2.75, 3.05) is 26.2 Å². The van der Waals surface area contributed by atoms with Crippen LogP contribution in [0.25, 0.3) is 6.08 Å². The molecule has 2 rings (SSSR count). The summed E-state index contributed by atoms with van der Waals surface area (Å²) in [4.78, 5) is 6.07. The maximum atomic E-state index is 12.3. The third-order valence-electron chi connectivity index (χ3n) is 3.59. The van der Waals surface area contributed by atoms with Crippen LogP contribution in [0.15, 0.2) is 40.9 Å². The van der Waals surface area contributed by atoms with E-state index in [0.717, 1.165) is 25.9 Å². The lowest BCUT2D eigenvalue weighted by Crippen LogP contribution is -2.44. The first-order valence-electron chi connectivity index (χ1n) is 7.75. The second-order valence-corrected chi connectivity index (χ2v) is 5.29. The maximum absolute atomic E-state index is 12.3. The van der Waals surface area contributed by atoms with E-state index in [1.54, 1.807) is 0 Å². The Morgan fingerprint density at radius 3 is 2.55 bits per heavy atom. The van der Waals surface area contributed by atoms with E-state index >= 15 is 0 Å². The van der Waals surface area contributed by atoms with E-state index in [9.17, 15) is 8.78 Å². The third-order valence-corrected chi connectivity index (χ3v) is 3.59. The van der Waals surface area contributed by atoms with E-state index in [2.05, 4.69) is 33.4 Å². The average Bonchev–Trinajstić information content (AvgIpc) is 2.53. The van der Waals surface area contributed by atoms with E-state index < -0.39 is 13.0 Å². The van der Waals surface area contributed by atoms with Crippen LogP contribution in [0.1, 0.15) is 25.3 Å². The quantitative estimate of drug-likeness (QED) is 0.682. The molecule has 0 aromatic heterocycles. The van der Waals surface area contributed by atoms with Crippen LogP contribution in [0.5, 0.6) is 0 Å². The summed E-state index contributed by atoms with van der Waals surface area (Å²) in [5, 5.41) is 3.10. The van der Waals surface area contributed by atoms with Gasteiger partial charge in [-0.25, -0.2) is 13.8 Å². The summed E-state index contributed by atoms with van der Waals surface area (Å²) in [5.74, 6) is 0.599. The molecule has 1 N–H and O–H groups in total. The van der Waals surface area contributed by atoms with Crippen molar-refractivity contribution in [1.82, 2.24) is 10.2 Å². The molecule has 0 saturated carbocycles. The first-order chi connectivity index (χ1) is 10.7. The first kappa shape index (κ1) is 16.5. The van der Waals surface area contributed by atoms with Gasteiger partial charge in [0, 0.05) is 19.6 Å². The molecule has 0 aliphatic carbocycles. The van der Waals surface area contributed by atoms with Gasteiger partial charge in [-0.2, -0.15) is 0 Å². The molecule has 22 heavy (non-hydrogen) atoms. The lowest BCUT2D eigenvalue weighted by atomic mass is 10.0. The average molecular weight is 307 g/mol. The Balaban J connectivity index is 1.95. The molecule has 0 spiro atoms. The van der Waals surface area contributed by atoms with Crippen LogP contribution in [0, 0.1) is 0 Å². The summed E-state index contributed by atoms with van der Waals surface area (Å²) >= 11 is 0. The number of halogens is 2. The Labute approximate surface area is 130 Å². The number of aliphatic imine (C=N–C) groups is 1. The highest BCUT2D eigenvalue weighted by atomic mass is 19.3. The number of nitrogens with zero attached hydrogens (tertiary/aromatic N) is 2. The lowest BCUT2D eigenvalue weighted by Gasteiger charge is -2.31. The molecule has 1 aliphatic heterocycles. The van der Waals surface area contributed by atoms with E-state index in [0.29, 0.717) is 12.5 Å². The molecule has 0 unspecified atom stereocenters. The number of nitrogens with one attached hydrogen (secondary N) is 1. The number of benzene rings is 1. The zero-order valence-electron chi connectivity index (χ0n) is 12.9. The van der Waals surface area contributed by atoms with Crippen molar-refractivity contribution >= 4 is 12.0 Å². The summed E-state index contributed by atoms with van der Waals surface area (Å²) < 4.78 is 24.7. The van der Waals surface area contributed by atoms with E-state index in [4.69, 9.17) is 0 Å². The second-order valence-electron chi connectivity index (χ2n) is 5.29. The topological polar surface area (TPSA) is 27.6 Å². The standard InChI is InChI=1S/C17H23F2N3/c1-2-20-17(21-13-16(18)19)22-10-8-15(9-11-22)12-14-6-4-3-5-7-14/h3-7,12,16H,2,8-11,13H2,1H3,(H,20,21). The number of likely N-dealkylation sites (tertiary alicyclic amines) is 1. The molecule has 5 heteroatoms. The Bertz CT molecular complexity index is 502. The zero-order chi connectivity index (χ0) is 15.8.